The van der Waals surface area contributed by atoms with Crippen molar-refractivity contribution in [1.82, 2.24) is 0 Å². The molecule has 0 saturated carbocycles. The molecule has 0 aromatic heterocycles. The van der Waals surface area contributed by atoms with Gasteiger partial charge in [0.2, 0.25) is 5.91 Å². The van der Waals surface area contributed by atoms with Crippen LogP contribution in [0.25, 0.3) is 0 Å². The number of para-hydroxylation sites is 2. The van der Waals surface area contributed by atoms with Crippen molar-refractivity contribution >= 4 is 23.0 Å². The van der Waals surface area contributed by atoms with E-state index in [2.05, 4.69) is 5.32 Å². The summed E-state index contributed by atoms with van der Waals surface area (Å²) in [6.45, 7) is 0.899. The van der Waals surface area contributed by atoms with Crippen LogP contribution in [0.2, 0.25) is 0 Å². The van der Waals surface area contributed by atoms with Gasteiger partial charge in [-0.1, -0.05) is 12.1 Å². The van der Waals surface area contributed by atoms with Crippen molar-refractivity contribution in [3.8, 4) is 5.75 Å². The monoisotopic (exact) mass is 359 g/mol. The second kappa shape index (κ2) is 7.38. The number of rotatable bonds is 4. The molecule has 1 heterocycles. The predicted molar refractivity (Wildman–Crippen MR) is 94.7 cm³/mol. The number of aromatic hydroxyl groups is 1. The largest absolute Gasteiger partial charge is 0.506 e. The van der Waals surface area contributed by atoms with Crippen LogP contribution in [0.15, 0.2) is 42.5 Å². The topological polar surface area (TPSA) is 95.7 Å². The van der Waals surface area contributed by atoms with E-state index in [0.29, 0.717) is 37.3 Å². The fourth-order valence-corrected chi connectivity index (χ4v) is 3.11. The Morgan fingerprint density at radius 3 is 2.58 bits per heavy atom. The second-order valence-corrected chi connectivity index (χ2v) is 6.16. The number of nitro groups is 1. The first-order valence-electron chi connectivity index (χ1n) is 8.23. The molecule has 0 aliphatic carbocycles. The van der Waals surface area contributed by atoms with E-state index in [1.54, 1.807) is 23.1 Å². The SMILES string of the molecule is O=C(Nc1ccccc1O)C1CCN(c2ccc(F)cc2[N+](=O)[O-])CC1. The number of nitro benzene ring substituents is 1. The molecule has 0 spiro atoms. The van der Waals surface area contributed by atoms with E-state index in [9.17, 15) is 24.4 Å². The summed E-state index contributed by atoms with van der Waals surface area (Å²) in [6, 6.07) is 9.99. The van der Waals surface area contributed by atoms with Crippen molar-refractivity contribution in [3.63, 3.8) is 0 Å². The number of benzene rings is 2. The molecule has 2 N–H and O–H groups in total. The zero-order chi connectivity index (χ0) is 18.7. The Morgan fingerprint density at radius 2 is 1.92 bits per heavy atom. The molecule has 0 radical (unpaired) electrons. The maximum absolute atomic E-state index is 13.3. The second-order valence-electron chi connectivity index (χ2n) is 6.16. The average molecular weight is 359 g/mol. The van der Waals surface area contributed by atoms with Crippen LogP contribution < -0.4 is 10.2 Å². The summed E-state index contributed by atoms with van der Waals surface area (Å²) in [7, 11) is 0. The summed E-state index contributed by atoms with van der Waals surface area (Å²) in [5.41, 5.74) is 0.437. The van der Waals surface area contributed by atoms with Gasteiger partial charge in [-0.15, -0.1) is 0 Å². The lowest BCUT2D eigenvalue weighted by Gasteiger charge is -2.32. The number of carbonyl (C=O) groups is 1. The number of halogens is 1. The number of piperidine rings is 1. The molecule has 8 heteroatoms. The molecule has 7 nitrogen and oxygen atoms in total. The van der Waals surface area contributed by atoms with Gasteiger partial charge in [-0.3, -0.25) is 14.9 Å². The quantitative estimate of drug-likeness (QED) is 0.496. The Kier molecular flexibility index (Phi) is 5.01. The molecule has 1 amide bonds. The molecule has 0 bridgehead atoms. The Bertz CT molecular complexity index is 835. The smallest absolute Gasteiger partial charge is 0.295 e. The molecule has 1 saturated heterocycles. The van der Waals surface area contributed by atoms with Crippen molar-refractivity contribution in [2.24, 2.45) is 5.92 Å². The molecule has 1 aliphatic rings. The Balaban J connectivity index is 1.65. The van der Waals surface area contributed by atoms with Gasteiger partial charge in [0.15, 0.2) is 0 Å². The minimum atomic E-state index is -0.655. The third kappa shape index (κ3) is 3.74. The maximum atomic E-state index is 13.3. The van der Waals surface area contributed by atoms with E-state index in [1.165, 1.54) is 18.2 Å². The van der Waals surface area contributed by atoms with Crippen LogP contribution in [-0.4, -0.2) is 29.0 Å². The number of carbonyl (C=O) groups excluding carboxylic acids is 1. The predicted octanol–water partition coefficient (Wildman–Crippen LogP) is 3.29. The van der Waals surface area contributed by atoms with Gasteiger partial charge in [0.25, 0.3) is 5.69 Å². The minimum absolute atomic E-state index is 0.000206. The van der Waals surface area contributed by atoms with Crippen LogP contribution in [0, 0.1) is 21.8 Å². The number of phenols is 1. The van der Waals surface area contributed by atoms with E-state index in [-0.39, 0.29) is 23.3 Å². The highest BCUT2D eigenvalue weighted by atomic mass is 19.1. The molecule has 2 aromatic carbocycles. The number of amides is 1. The third-order valence-corrected chi connectivity index (χ3v) is 4.50. The molecular formula is C18H18FN3O4. The van der Waals surface area contributed by atoms with Gasteiger partial charge >= 0.3 is 0 Å². The molecule has 26 heavy (non-hydrogen) atoms. The molecule has 1 fully saturated rings. The first kappa shape index (κ1) is 17.7. The average Bonchev–Trinajstić information content (AvgIpc) is 2.63. The summed E-state index contributed by atoms with van der Waals surface area (Å²) < 4.78 is 13.3. The molecule has 3 rings (SSSR count). The first-order valence-corrected chi connectivity index (χ1v) is 8.23. The van der Waals surface area contributed by atoms with Crippen molar-refractivity contribution in [1.29, 1.82) is 0 Å². The lowest BCUT2D eigenvalue weighted by molar-refractivity contribution is -0.384. The molecule has 0 atom stereocenters. The first-order chi connectivity index (χ1) is 12.5. The fraction of sp³-hybridized carbons (Fsp3) is 0.278. The third-order valence-electron chi connectivity index (χ3n) is 4.50. The number of hydrogen-bond donors (Lipinski definition) is 2. The highest BCUT2D eigenvalue weighted by Gasteiger charge is 2.28. The Hall–Kier alpha value is -3.16. The molecule has 1 aliphatic heterocycles. The number of nitrogens with one attached hydrogen (secondary N) is 1. The molecule has 0 unspecified atom stereocenters. The zero-order valence-corrected chi connectivity index (χ0v) is 13.9. The van der Waals surface area contributed by atoms with E-state index in [4.69, 9.17) is 0 Å². The Labute approximate surface area is 149 Å². The molecule has 2 aromatic rings. The van der Waals surface area contributed by atoms with Crippen LogP contribution in [0.4, 0.5) is 21.5 Å². The summed E-state index contributed by atoms with van der Waals surface area (Å²) in [5, 5.41) is 23.6. The van der Waals surface area contributed by atoms with Gasteiger partial charge in [-0.25, -0.2) is 4.39 Å². The van der Waals surface area contributed by atoms with Crippen LogP contribution in [0.5, 0.6) is 5.75 Å². The van der Waals surface area contributed by atoms with Gasteiger partial charge in [0.05, 0.1) is 16.7 Å². The molecular weight excluding hydrogens is 341 g/mol. The summed E-state index contributed by atoms with van der Waals surface area (Å²) in [4.78, 5) is 24.7. The molecule has 136 valence electrons. The lowest BCUT2D eigenvalue weighted by atomic mass is 9.95. The van der Waals surface area contributed by atoms with E-state index < -0.39 is 10.7 Å². The van der Waals surface area contributed by atoms with Gasteiger partial charge in [-0.05, 0) is 37.1 Å². The number of anilines is 2. The van der Waals surface area contributed by atoms with Crippen molar-refractivity contribution in [2.45, 2.75) is 12.8 Å². The Morgan fingerprint density at radius 1 is 1.23 bits per heavy atom. The standard InChI is InChI=1S/C18H18FN3O4/c19-13-5-6-15(16(11-13)22(25)26)21-9-7-12(8-10-21)18(24)20-14-3-1-2-4-17(14)23/h1-6,11-12,23H,7-10H2,(H,20,24). The van der Waals surface area contributed by atoms with Crippen LogP contribution >= 0.6 is 0 Å². The normalized spacial score (nSPS) is 14.9. The minimum Gasteiger partial charge on any atom is -0.506 e. The number of nitrogens with zero attached hydrogens (tertiary/aromatic N) is 2. The van der Waals surface area contributed by atoms with E-state index in [1.807, 2.05) is 0 Å². The van der Waals surface area contributed by atoms with Crippen molar-refractivity contribution in [2.75, 3.05) is 23.3 Å². The van der Waals surface area contributed by atoms with Crippen LogP contribution in [0.3, 0.4) is 0 Å². The zero-order valence-electron chi connectivity index (χ0n) is 13.9. The number of phenolic OH excluding ortho intramolecular Hbond substituents is 1. The summed E-state index contributed by atoms with van der Waals surface area (Å²) in [6.07, 6.45) is 1.02. The van der Waals surface area contributed by atoms with Gasteiger partial charge < -0.3 is 15.3 Å². The maximum Gasteiger partial charge on any atom is 0.295 e. The van der Waals surface area contributed by atoms with Gasteiger partial charge in [0, 0.05) is 19.0 Å². The van der Waals surface area contributed by atoms with Gasteiger partial charge in [-0.2, -0.15) is 0 Å². The van der Waals surface area contributed by atoms with E-state index >= 15 is 0 Å². The van der Waals surface area contributed by atoms with Crippen LogP contribution in [0.1, 0.15) is 12.8 Å². The summed E-state index contributed by atoms with van der Waals surface area (Å²) in [5.74, 6) is -1.11. The van der Waals surface area contributed by atoms with Crippen LogP contribution in [-0.2, 0) is 4.79 Å². The van der Waals surface area contributed by atoms with Gasteiger partial charge in [0.1, 0.15) is 17.3 Å². The number of hydrogen-bond acceptors (Lipinski definition) is 5. The highest BCUT2D eigenvalue weighted by Crippen LogP contribution is 2.32. The van der Waals surface area contributed by atoms with Crippen molar-refractivity contribution < 1.29 is 19.2 Å². The fourth-order valence-electron chi connectivity index (χ4n) is 3.11. The van der Waals surface area contributed by atoms with Crippen molar-refractivity contribution in [3.05, 3.63) is 58.4 Å². The highest BCUT2D eigenvalue weighted by molar-refractivity contribution is 5.94. The lowest BCUT2D eigenvalue weighted by Crippen LogP contribution is -2.38. The summed E-state index contributed by atoms with van der Waals surface area (Å²) >= 11 is 0. The van der Waals surface area contributed by atoms with E-state index in [0.717, 1.165) is 6.07 Å².